The monoisotopic (exact) mass is 493 g/mol. The second-order valence-corrected chi connectivity index (χ2v) is 12.2. The van der Waals surface area contributed by atoms with Gasteiger partial charge in [0, 0.05) is 35.5 Å². The minimum atomic E-state index is -0.885. The number of hydrogen-bond acceptors (Lipinski definition) is 6. The van der Waals surface area contributed by atoms with Crippen LogP contribution in [0.25, 0.3) is 0 Å². The quantitative estimate of drug-likeness (QED) is 0.176. The molecule has 0 rings (SSSR count). The molecule has 0 aliphatic heterocycles. The molecule has 0 aromatic heterocycles. The standard InChI is InChI=1S/C24H52N3O3PS/c1-12-24(13-2,14-3)25-23(28)32-18-17-29-15-16-30-31(26(19(4)5)20(6)7)27(21(8)9)22(10)11/h19-22H,12-18H2,1-11H3,(H,25,28). The van der Waals surface area contributed by atoms with Crippen molar-refractivity contribution in [3.05, 3.63) is 0 Å². The Bertz CT molecular complexity index is 459. The minimum Gasteiger partial charge on any atom is -0.378 e. The van der Waals surface area contributed by atoms with Gasteiger partial charge in [0.1, 0.15) is 0 Å². The molecular formula is C24H52N3O3PS. The van der Waals surface area contributed by atoms with Crippen molar-refractivity contribution in [2.45, 2.75) is 125 Å². The number of carbonyl (C=O) groups excluding carboxylic acids is 1. The fourth-order valence-corrected chi connectivity index (χ4v) is 6.98. The predicted octanol–water partition coefficient (Wildman–Crippen LogP) is 6.90. The Morgan fingerprint density at radius 2 is 1.25 bits per heavy atom. The molecule has 0 radical (unpaired) electrons. The molecule has 0 aliphatic carbocycles. The summed E-state index contributed by atoms with van der Waals surface area (Å²) in [6.45, 7) is 25.9. The average Bonchev–Trinajstić information content (AvgIpc) is 2.70. The van der Waals surface area contributed by atoms with E-state index < -0.39 is 8.45 Å². The topological polar surface area (TPSA) is 54.0 Å². The zero-order chi connectivity index (χ0) is 24.9. The molecule has 0 bridgehead atoms. The normalized spacial score (nSPS) is 13.1. The molecule has 0 spiro atoms. The summed E-state index contributed by atoms with van der Waals surface area (Å²) in [5.41, 5.74) is -0.0760. The maximum absolute atomic E-state index is 12.3. The van der Waals surface area contributed by atoms with Crippen molar-refractivity contribution in [1.29, 1.82) is 0 Å². The Hall–Kier alpha value is 0.0900. The van der Waals surface area contributed by atoms with Crippen LogP contribution in [0.5, 0.6) is 0 Å². The van der Waals surface area contributed by atoms with Crippen LogP contribution in [0.3, 0.4) is 0 Å². The summed E-state index contributed by atoms with van der Waals surface area (Å²) in [5, 5.41) is 3.25. The molecule has 32 heavy (non-hydrogen) atoms. The first-order chi connectivity index (χ1) is 15.0. The van der Waals surface area contributed by atoms with Crippen LogP contribution in [-0.2, 0) is 9.26 Å². The Morgan fingerprint density at radius 1 is 0.812 bits per heavy atom. The summed E-state index contributed by atoms with van der Waals surface area (Å²) < 4.78 is 17.2. The highest BCUT2D eigenvalue weighted by atomic mass is 32.2. The second kappa shape index (κ2) is 16.7. The van der Waals surface area contributed by atoms with Crippen molar-refractivity contribution < 1.29 is 14.1 Å². The first-order valence-electron chi connectivity index (χ1n) is 12.5. The molecule has 0 aromatic rings. The van der Waals surface area contributed by atoms with Gasteiger partial charge < -0.3 is 14.6 Å². The third-order valence-corrected chi connectivity index (χ3v) is 9.59. The van der Waals surface area contributed by atoms with Gasteiger partial charge in [0.2, 0.25) is 0 Å². The fourth-order valence-electron chi connectivity index (χ4n) is 3.98. The number of hydrogen-bond donors (Lipinski definition) is 1. The number of thioether (sulfide) groups is 1. The van der Waals surface area contributed by atoms with E-state index in [2.05, 4.69) is 90.8 Å². The Kier molecular flexibility index (Phi) is 16.7. The van der Waals surface area contributed by atoms with E-state index in [9.17, 15) is 4.79 Å². The lowest BCUT2D eigenvalue weighted by Crippen LogP contribution is -2.45. The SMILES string of the molecule is CCC(CC)(CC)NC(=O)SCCOCCOP(N(C(C)C)C(C)C)N(C(C)C)C(C)C. The van der Waals surface area contributed by atoms with Crippen molar-refractivity contribution in [2.24, 2.45) is 0 Å². The van der Waals surface area contributed by atoms with Gasteiger partial charge in [0.15, 0.2) is 8.45 Å². The maximum atomic E-state index is 12.3. The number of rotatable bonds is 17. The third-order valence-electron chi connectivity index (χ3n) is 5.80. The molecule has 0 fully saturated rings. The smallest absolute Gasteiger partial charge is 0.279 e. The summed E-state index contributed by atoms with van der Waals surface area (Å²) in [4.78, 5) is 12.3. The summed E-state index contributed by atoms with van der Waals surface area (Å²) in [5.74, 6) is 0.655. The Labute approximate surface area is 204 Å². The lowest BCUT2D eigenvalue weighted by atomic mass is 9.90. The molecule has 0 saturated heterocycles. The van der Waals surface area contributed by atoms with Crippen LogP contribution in [-0.4, -0.2) is 69.9 Å². The number of carbonyl (C=O) groups is 1. The van der Waals surface area contributed by atoms with Crippen molar-refractivity contribution in [1.82, 2.24) is 14.7 Å². The molecule has 0 heterocycles. The largest absolute Gasteiger partial charge is 0.378 e. The van der Waals surface area contributed by atoms with Crippen molar-refractivity contribution in [3.63, 3.8) is 0 Å². The van der Waals surface area contributed by atoms with Gasteiger partial charge in [0.25, 0.3) is 5.24 Å². The van der Waals surface area contributed by atoms with Crippen molar-refractivity contribution in [2.75, 3.05) is 25.6 Å². The minimum absolute atomic E-state index is 0.0490. The van der Waals surface area contributed by atoms with Gasteiger partial charge in [-0.2, -0.15) is 0 Å². The van der Waals surface area contributed by atoms with E-state index in [0.717, 1.165) is 19.3 Å². The summed E-state index contributed by atoms with van der Waals surface area (Å²) in [7, 11) is -0.885. The van der Waals surface area contributed by atoms with Crippen LogP contribution in [0, 0.1) is 0 Å². The molecular weight excluding hydrogens is 441 g/mol. The molecule has 0 atom stereocenters. The summed E-state index contributed by atoms with van der Waals surface area (Å²) in [6, 6.07) is 1.61. The van der Waals surface area contributed by atoms with Crippen LogP contribution in [0.2, 0.25) is 0 Å². The summed E-state index contributed by atoms with van der Waals surface area (Å²) in [6.07, 6.45) is 2.87. The van der Waals surface area contributed by atoms with Crippen LogP contribution in [0.1, 0.15) is 95.4 Å². The second-order valence-electron chi connectivity index (χ2n) is 9.44. The number of nitrogens with one attached hydrogen (secondary N) is 1. The first kappa shape index (κ1) is 32.1. The van der Waals surface area contributed by atoms with Gasteiger partial charge in [-0.3, -0.25) is 4.79 Å². The average molecular weight is 494 g/mol. The van der Waals surface area contributed by atoms with Gasteiger partial charge in [-0.25, -0.2) is 9.34 Å². The van der Waals surface area contributed by atoms with Gasteiger partial charge in [-0.15, -0.1) is 0 Å². The van der Waals surface area contributed by atoms with Gasteiger partial charge in [0.05, 0.1) is 19.8 Å². The highest BCUT2D eigenvalue weighted by Gasteiger charge is 2.34. The van der Waals surface area contributed by atoms with Gasteiger partial charge in [-0.05, 0) is 74.7 Å². The zero-order valence-corrected chi connectivity index (χ0v) is 24.4. The van der Waals surface area contributed by atoms with Crippen LogP contribution in [0.15, 0.2) is 0 Å². The Morgan fingerprint density at radius 3 is 1.62 bits per heavy atom. The van der Waals surface area contributed by atoms with Crippen molar-refractivity contribution in [3.8, 4) is 0 Å². The predicted molar refractivity (Wildman–Crippen MR) is 143 cm³/mol. The molecule has 0 unspecified atom stereocenters. The number of nitrogens with zero attached hydrogens (tertiary/aromatic N) is 2. The van der Waals surface area contributed by atoms with E-state index in [-0.39, 0.29) is 10.8 Å². The van der Waals surface area contributed by atoms with Gasteiger partial charge >= 0.3 is 0 Å². The maximum Gasteiger partial charge on any atom is 0.279 e. The van der Waals surface area contributed by atoms with Crippen LogP contribution < -0.4 is 5.32 Å². The van der Waals surface area contributed by atoms with E-state index in [1.807, 2.05) is 0 Å². The Balaban J connectivity index is 4.62. The highest BCUT2D eigenvalue weighted by Crippen LogP contribution is 2.50. The molecule has 192 valence electrons. The number of amides is 1. The summed E-state index contributed by atoms with van der Waals surface area (Å²) >= 11 is 1.31. The van der Waals surface area contributed by atoms with E-state index in [0.29, 0.717) is 49.7 Å². The fraction of sp³-hybridized carbons (Fsp3) is 0.958. The van der Waals surface area contributed by atoms with E-state index in [1.165, 1.54) is 11.8 Å². The molecule has 1 N–H and O–H groups in total. The van der Waals surface area contributed by atoms with E-state index in [1.54, 1.807) is 0 Å². The number of ether oxygens (including phenoxy) is 1. The molecule has 6 nitrogen and oxygen atoms in total. The molecule has 0 aromatic carbocycles. The lowest BCUT2D eigenvalue weighted by Gasteiger charge is -2.45. The van der Waals surface area contributed by atoms with Gasteiger partial charge in [-0.1, -0.05) is 32.5 Å². The molecule has 0 aliphatic rings. The third kappa shape index (κ3) is 11.0. The van der Waals surface area contributed by atoms with Crippen molar-refractivity contribution >= 4 is 25.5 Å². The lowest BCUT2D eigenvalue weighted by molar-refractivity contribution is 0.101. The zero-order valence-electron chi connectivity index (χ0n) is 22.7. The van der Waals surface area contributed by atoms with E-state index in [4.69, 9.17) is 9.26 Å². The molecule has 1 amide bonds. The van der Waals surface area contributed by atoms with Crippen LogP contribution >= 0.6 is 20.2 Å². The highest BCUT2D eigenvalue weighted by molar-refractivity contribution is 8.13. The van der Waals surface area contributed by atoms with Crippen LogP contribution in [0.4, 0.5) is 4.79 Å². The first-order valence-corrected chi connectivity index (χ1v) is 14.6. The van der Waals surface area contributed by atoms with E-state index >= 15 is 0 Å². The molecule has 8 heteroatoms. The molecule has 0 saturated carbocycles.